The fourth-order valence-electron chi connectivity index (χ4n) is 1.48. The molecular formula is C11H15NO3. The molecule has 0 unspecified atom stereocenters. The van der Waals surface area contributed by atoms with Crippen LogP contribution in [0.5, 0.6) is 0 Å². The van der Waals surface area contributed by atoms with Gasteiger partial charge in [-0.3, -0.25) is 4.79 Å². The minimum atomic E-state index is -0.383. The number of aryl methyl sites for hydroxylation is 1. The lowest BCUT2D eigenvalue weighted by Gasteiger charge is -2.10. The quantitative estimate of drug-likeness (QED) is 0.750. The Morgan fingerprint density at radius 3 is 2.40 bits per heavy atom. The first-order chi connectivity index (χ1) is 6.99. The Morgan fingerprint density at radius 1 is 1.27 bits per heavy atom. The van der Waals surface area contributed by atoms with Crippen LogP contribution in [0.2, 0.25) is 0 Å². The van der Waals surface area contributed by atoms with Gasteiger partial charge in [0.15, 0.2) is 0 Å². The molecule has 0 radical (unpaired) electrons. The molecule has 1 rings (SSSR count). The summed E-state index contributed by atoms with van der Waals surface area (Å²) in [6, 6.07) is 0. The van der Waals surface area contributed by atoms with Gasteiger partial charge in [-0.25, -0.2) is 4.79 Å². The van der Waals surface area contributed by atoms with E-state index in [0.717, 1.165) is 0 Å². The molecule has 0 aliphatic carbocycles. The number of H-pyrrole nitrogens is 1. The maximum Gasteiger partial charge on any atom is 0.340 e. The Bertz CT molecular complexity index is 446. The van der Waals surface area contributed by atoms with E-state index >= 15 is 0 Å². The number of hydrogen-bond donors (Lipinski definition) is 1. The Hall–Kier alpha value is -1.58. The second-order valence-electron chi connectivity index (χ2n) is 3.42. The second-order valence-corrected chi connectivity index (χ2v) is 3.42. The number of esters is 1. The molecule has 4 heteroatoms. The van der Waals surface area contributed by atoms with Crippen LogP contribution in [0, 0.1) is 20.8 Å². The highest BCUT2D eigenvalue weighted by molar-refractivity contribution is 5.92. The van der Waals surface area contributed by atoms with Crippen LogP contribution in [-0.2, 0) is 4.74 Å². The smallest absolute Gasteiger partial charge is 0.340 e. The molecule has 1 aromatic rings. The predicted molar refractivity (Wildman–Crippen MR) is 57.2 cm³/mol. The molecule has 0 bridgehead atoms. The summed E-state index contributed by atoms with van der Waals surface area (Å²) in [5.41, 5.74) is 2.12. The number of rotatable bonds is 2. The normalized spacial score (nSPS) is 10.1. The molecule has 4 nitrogen and oxygen atoms in total. The standard InChI is InChI=1S/C11H15NO3/c1-5-15-11(14)9-6(2)7(3)10(13)12-8(9)4/h5H2,1-4H3,(H,12,13). The summed E-state index contributed by atoms with van der Waals surface area (Å²) in [7, 11) is 0. The van der Waals surface area contributed by atoms with Crippen molar-refractivity contribution in [3.05, 3.63) is 32.7 Å². The highest BCUT2D eigenvalue weighted by Crippen LogP contribution is 2.13. The first kappa shape index (κ1) is 11.5. The minimum Gasteiger partial charge on any atom is -0.462 e. The summed E-state index contributed by atoms with van der Waals surface area (Å²) < 4.78 is 4.92. The molecule has 0 spiro atoms. The van der Waals surface area contributed by atoms with E-state index in [2.05, 4.69) is 4.98 Å². The van der Waals surface area contributed by atoms with Crippen molar-refractivity contribution in [3.63, 3.8) is 0 Å². The van der Waals surface area contributed by atoms with E-state index in [-0.39, 0.29) is 11.5 Å². The Balaban J connectivity index is 3.36. The fourth-order valence-corrected chi connectivity index (χ4v) is 1.48. The average molecular weight is 209 g/mol. The van der Waals surface area contributed by atoms with Gasteiger partial charge in [-0.2, -0.15) is 0 Å². The highest BCUT2D eigenvalue weighted by Gasteiger charge is 2.16. The van der Waals surface area contributed by atoms with Crippen LogP contribution in [0.15, 0.2) is 4.79 Å². The van der Waals surface area contributed by atoms with Gasteiger partial charge in [-0.15, -0.1) is 0 Å². The lowest BCUT2D eigenvalue weighted by molar-refractivity contribution is 0.0524. The predicted octanol–water partition coefficient (Wildman–Crippen LogP) is 1.48. The maximum absolute atomic E-state index is 11.6. The summed E-state index contributed by atoms with van der Waals surface area (Å²) in [5.74, 6) is -0.383. The van der Waals surface area contributed by atoms with Crippen molar-refractivity contribution in [2.45, 2.75) is 27.7 Å². The zero-order chi connectivity index (χ0) is 11.6. The zero-order valence-electron chi connectivity index (χ0n) is 9.43. The van der Waals surface area contributed by atoms with Crippen molar-refractivity contribution in [2.24, 2.45) is 0 Å². The van der Waals surface area contributed by atoms with Crippen LogP contribution in [-0.4, -0.2) is 17.6 Å². The average Bonchev–Trinajstić information content (AvgIpc) is 2.15. The summed E-state index contributed by atoms with van der Waals surface area (Å²) in [5, 5.41) is 0. The molecule has 0 atom stereocenters. The number of hydrogen-bond acceptors (Lipinski definition) is 3. The topological polar surface area (TPSA) is 59.2 Å². The summed E-state index contributed by atoms with van der Waals surface area (Å²) in [6.07, 6.45) is 0. The summed E-state index contributed by atoms with van der Waals surface area (Å²) >= 11 is 0. The van der Waals surface area contributed by atoms with Gasteiger partial charge in [-0.05, 0) is 33.3 Å². The largest absolute Gasteiger partial charge is 0.462 e. The van der Waals surface area contributed by atoms with E-state index in [1.165, 1.54) is 0 Å². The van der Waals surface area contributed by atoms with Crippen LogP contribution in [0.3, 0.4) is 0 Å². The molecule has 0 saturated carbocycles. The number of carbonyl (C=O) groups excluding carboxylic acids is 1. The molecule has 0 aliphatic rings. The van der Waals surface area contributed by atoms with Gasteiger partial charge in [0, 0.05) is 11.3 Å². The number of aromatic nitrogens is 1. The molecule has 1 aromatic heterocycles. The van der Waals surface area contributed by atoms with Crippen LogP contribution < -0.4 is 5.56 Å². The molecule has 1 heterocycles. The van der Waals surface area contributed by atoms with Gasteiger partial charge in [0.2, 0.25) is 0 Å². The molecule has 0 saturated heterocycles. The van der Waals surface area contributed by atoms with Gasteiger partial charge in [-0.1, -0.05) is 0 Å². The molecule has 15 heavy (non-hydrogen) atoms. The van der Waals surface area contributed by atoms with E-state index in [0.29, 0.717) is 29.0 Å². The lowest BCUT2D eigenvalue weighted by Crippen LogP contribution is -2.19. The van der Waals surface area contributed by atoms with Crippen LogP contribution >= 0.6 is 0 Å². The van der Waals surface area contributed by atoms with Crippen molar-refractivity contribution < 1.29 is 9.53 Å². The third-order valence-electron chi connectivity index (χ3n) is 2.43. The van der Waals surface area contributed by atoms with Crippen molar-refractivity contribution in [1.29, 1.82) is 0 Å². The summed E-state index contributed by atoms with van der Waals surface area (Å²) in [4.78, 5) is 25.6. The third-order valence-corrected chi connectivity index (χ3v) is 2.43. The maximum atomic E-state index is 11.6. The first-order valence-corrected chi connectivity index (χ1v) is 4.86. The number of nitrogens with one attached hydrogen (secondary N) is 1. The van der Waals surface area contributed by atoms with Crippen LogP contribution in [0.4, 0.5) is 0 Å². The van der Waals surface area contributed by atoms with E-state index < -0.39 is 0 Å². The molecule has 0 aromatic carbocycles. The van der Waals surface area contributed by atoms with Crippen molar-refractivity contribution >= 4 is 5.97 Å². The van der Waals surface area contributed by atoms with E-state index in [9.17, 15) is 9.59 Å². The Labute approximate surface area is 88.3 Å². The molecule has 0 amide bonds. The Morgan fingerprint density at radius 2 is 1.87 bits per heavy atom. The Kier molecular flexibility index (Phi) is 3.29. The molecular weight excluding hydrogens is 194 g/mol. The monoisotopic (exact) mass is 209 g/mol. The van der Waals surface area contributed by atoms with Gasteiger partial charge in [0.05, 0.1) is 12.2 Å². The summed E-state index contributed by atoms with van der Waals surface area (Å²) in [6.45, 7) is 7.22. The van der Waals surface area contributed by atoms with Crippen molar-refractivity contribution in [1.82, 2.24) is 4.98 Å². The fraction of sp³-hybridized carbons (Fsp3) is 0.455. The number of carbonyl (C=O) groups is 1. The van der Waals surface area contributed by atoms with E-state index in [1.807, 2.05) is 0 Å². The second kappa shape index (κ2) is 4.29. The van der Waals surface area contributed by atoms with E-state index in [1.54, 1.807) is 27.7 Å². The molecule has 82 valence electrons. The highest BCUT2D eigenvalue weighted by atomic mass is 16.5. The lowest BCUT2D eigenvalue weighted by atomic mass is 10.0. The number of pyridine rings is 1. The van der Waals surface area contributed by atoms with Gasteiger partial charge in [0.1, 0.15) is 0 Å². The molecule has 1 N–H and O–H groups in total. The zero-order valence-corrected chi connectivity index (χ0v) is 9.43. The number of aromatic amines is 1. The van der Waals surface area contributed by atoms with Gasteiger partial charge >= 0.3 is 5.97 Å². The number of ether oxygens (including phenoxy) is 1. The molecule has 0 fully saturated rings. The van der Waals surface area contributed by atoms with Crippen molar-refractivity contribution in [2.75, 3.05) is 6.61 Å². The minimum absolute atomic E-state index is 0.155. The van der Waals surface area contributed by atoms with Crippen molar-refractivity contribution in [3.8, 4) is 0 Å². The molecule has 0 aliphatic heterocycles. The van der Waals surface area contributed by atoms with Crippen LogP contribution in [0.25, 0.3) is 0 Å². The van der Waals surface area contributed by atoms with Gasteiger partial charge in [0.25, 0.3) is 5.56 Å². The van der Waals surface area contributed by atoms with E-state index in [4.69, 9.17) is 4.74 Å². The van der Waals surface area contributed by atoms with Crippen LogP contribution in [0.1, 0.15) is 34.1 Å². The first-order valence-electron chi connectivity index (χ1n) is 4.86. The third kappa shape index (κ3) is 2.09. The van der Waals surface area contributed by atoms with Gasteiger partial charge < -0.3 is 9.72 Å². The SMILES string of the molecule is CCOC(=O)c1c(C)[nH]c(=O)c(C)c1C.